The van der Waals surface area contributed by atoms with E-state index < -0.39 is 10.0 Å². The Kier molecular flexibility index (Phi) is 3.52. The maximum Gasteiger partial charge on any atom is 0.268 e. The van der Waals surface area contributed by atoms with Crippen molar-refractivity contribution in [2.24, 2.45) is 0 Å². The number of rotatable bonds is 4. The number of nitrogens with zero attached hydrogens (tertiary/aromatic N) is 2. The van der Waals surface area contributed by atoms with E-state index >= 15 is 0 Å². The van der Waals surface area contributed by atoms with Crippen LogP contribution in [0.1, 0.15) is 0 Å². The Morgan fingerprint density at radius 1 is 1.32 bits per heavy atom. The number of nitrogens with two attached hydrogens (primary N) is 1. The lowest BCUT2D eigenvalue weighted by molar-refractivity contribution is 0.403. The Balaban J connectivity index is 2.46. The first kappa shape index (κ1) is 13.1. The molecule has 1 heterocycles. The molecule has 100 valence electrons. The van der Waals surface area contributed by atoms with E-state index in [0.29, 0.717) is 0 Å². The van der Waals surface area contributed by atoms with Crippen molar-refractivity contribution in [3.05, 3.63) is 36.8 Å². The molecular formula is C11H12N4O3S. The molecule has 0 unspecified atom stereocenters. The van der Waals surface area contributed by atoms with Gasteiger partial charge in [0, 0.05) is 12.4 Å². The molecule has 0 atom stereocenters. The normalized spacial score (nSPS) is 11.0. The summed E-state index contributed by atoms with van der Waals surface area (Å²) < 4.78 is 31.8. The smallest absolute Gasteiger partial charge is 0.268 e. The summed E-state index contributed by atoms with van der Waals surface area (Å²) in [6, 6.07) is 4.60. The molecule has 0 bridgehead atoms. The standard InChI is InChI=1S/C11H12N4O3S/c1-18-9-4-2-3-8(12)11(9)19(16,17)15-10-7-13-5-6-14-10/h2-7H,12H2,1H3,(H,14,15). The number of anilines is 2. The topological polar surface area (TPSA) is 107 Å². The minimum Gasteiger partial charge on any atom is -0.495 e. The second-order valence-electron chi connectivity index (χ2n) is 3.57. The molecule has 0 fully saturated rings. The molecule has 7 nitrogen and oxygen atoms in total. The van der Waals surface area contributed by atoms with Gasteiger partial charge in [0.1, 0.15) is 5.75 Å². The molecule has 0 spiro atoms. The van der Waals surface area contributed by atoms with Crippen LogP contribution in [0.25, 0.3) is 0 Å². The molecule has 0 radical (unpaired) electrons. The van der Waals surface area contributed by atoms with E-state index in [9.17, 15) is 8.42 Å². The third-order valence-corrected chi connectivity index (χ3v) is 3.75. The summed E-state index contributed by atoms with van der Waals surface area (Å²) in [6.07, 6.45) is 4.11. The highest BCUT2D eigenvalue weighted by Crippen LogP contribution is 2.30. The molecule has 2 rings (SSSR count). The van der Waals surface area contributed by atoms with Crippen molar-refractivity contribution >= 4 is 21.5 Å². The van der Waals surface area contributed by atoms with Crippen LogP contribution in [0.2, 0.25) is 0 Å². The number of aromatic nitrogens is 2. The van der Waals surface area contributed by atoms with E-state index in [-0.39, 0.29) is 22.2 Å². The average Bonchev–Trinajstić information content (AvgIpc) is 2.38. The third-order valence-electron chi connectivity index (χ3n) is 2.30. The largest absolute Gasteiger partial charge is 0.495 e. The van der Waals surface area contributed by atoms with Crippen LogP contribution in [0.3, 0.4) is 0 Å². The summed E-state index contributed by atoms with van der Waals surface area (Å²) in [5, 5.41) is 0. The second-order valence-corrected chi connectivity index (χ2v) is 5.19. The van der Waals surface area contributed by atoms with Crippen molar-refractivity contribution in [1.82, 2.24) is 9.97 Å². The van der Waals surface area contributed by atoms with Crippen molar-refractivity contribution in [2.45, 2.75) is 4.90 Å². The van der Waals surface area contributed by atoms with Gasteiger partial charge in [-0.05, 0) is 12.1 Å². The SMILES string of the molecule is COc1cccc(N)c1S(=O)(=O)Nc1cnccn1. The van der Waals surface area contributed by atoms with Gasteiger partial charge in [-0.2, -0.15) is 0 Å². The quantitative estimate of drug-likeness (QED) is 0.805. The van der Waals surface area contributed by atoms with E-state index in [1.54, 1.807) is 6.07 Å². The Morgan fingerprint density at radius 3 is 2.74 bits per heavy atom. The Hall–Kier alpha value is -2.35. The Bertz CT molecular complexity index is 674. The first-order valence-electron chi connectivity index (χ1n) is 5.26. The lowest BCUT2D eigenvalue weighted by atomic mass is 10.3. The highest BCUT2D eigenvalue weighted by Gasteiger charge is 2.23. The van der Waals surface area contributed by atoms with Gasteiger partial charge in [0.15, 0.2) is 10.7 Å². The number of ether oxygens (including phenoxy) is 1. The number of nitrogen functional groups attached to an aromatic ring is 1. The van der Waals surface area contributed by atoms with Crippen molar-refractivity contribution in [1.29, 1.82) is 0 Å². The number of hydrogen-bond donors (Lipinski definition) is 2. The summed E-state index contributed by atoms with van der Waals surface area (Å²) in [6.45, 7) is 0. The summed E-state index contributed by atoms with van der Waals surface area (Å²) in [5.41, 5.74) is 5.79. The number of sulfonamides is 1. The average molecular weight is 280 g/mol. The van der Waals surface area contributed by atoms with E-state index in [0.717, 1.165) is 0 Å². The molecule has 1 aromatic heterocycles. The first-order chi connectivity index (χ1) is 9.04. The van der Waals surface area contributed by atoms with Gasteiger partial charge in [-0.25, -0.2) is 13.4 Å². The van der Waals surface area contributed by atoms with Crippen molar-refractivity contribution < 1.29 is 13.2 Å². The summed E-state index contributed by atoms with van der Waals surface area (Å²) >= 11 is 0. The van der Waals surface area contributed by atoms with Gasteiger partial charge >= 0.3 is 0 Å². The van der Waals surface area contributed by atoms with Crippen molar-refractivity contribution in [3.8, 4) is 5.75 Å². The van der Waals surface area contributed by atoms with Gasteiger partial charge in [-0.15, -0.1) is 0 Å². The fraction of sp³-hybridized carbons (Fsp3) is 0.0909. The molecule has 3 N–H and O–H groups in total. The molecule has 0 aliphatic heterocycles. The van der Waals surface area contributed by atoms with Gasteiger partial charge in [-0.1, -0.05) is 6.07 Å². The predicted octanol–water partition coefficient (Wildman–Crippen LogP) is 0.868. The molecule has 1 aromatic carbocycles. The second kappa shape index (κ2) is 5.11. The molecule has 0 amide bonds. The van der Waals surface area contributed by atoms with Gasteiger partial charge < -0.3 is 10.5 Å². The molecule has 0 aliphatic rings. The van der Waals surface area contributed by atoms with Crippen LogP contribution in [-0.2, 0) is 10.0 Å². The number of methoxy groups -OCH3 is 1. The monoisotopic (exact) mass is 280 g/mol. The van der Waals surface area contributed by atoms with Crippen LogP contribution in [0, 0.1) is 0 Å². The number of nitrogens with one attached hydrogen (secondary N) is 1. The maximum absolute atomic E-state index is 12.3. The van der Waals surface area contributed by atoms with Crippen LogP contribution >= 0.6 is 0 Å². The van der Waals surface area contributed by atoms with Crippen LogP contribution in [0.4, 0.5) is 11.5 Å². The highest BCUT2D eigenvalue weighted by molar-refractivity contribution is 7.93. The fourth-order valence-corrected chi connectivity index (χ4v) is 2.80. The summed E-state index contributed by atoms with van der Waals surface area (Å²) in [5.74, 6) is 0.268. The summed E-state index contributed by atoms with van der Waals surface area (Å²) in [4.78, 5) is 7.49. The molecule has 0 saturated heterocycles. The van der Waals surface area contributed by atoms with Gasteiger partial charge in [0.25, 0.3) is 10.0 Å². The number of benzene rings is 1. The molecule has 0 aliphatic carbocycles. The third kappa shape index (κ3) is 2.74. The van der Waals surface area contributed by atoms with E-state index in [4.69, 9.17) is 10.5 Å². The lowest BCUT2D eigenvalue weighted by Crippen LogP contribution is -2.16. The zero-order chi connectivity index (χ0) is 13.9. The number of hydrogen-bond acceptors (Lipinski definition) is 6. The van der Waals surface area contributed by atoms with Gasteiger partial charge in [0.05, 0.1) is 19.0 Å². The molecule has 0 saturated carbocycles. The Labute approximate surface area is 110 Å². The zero-order valence-corrected chi connectivity index (χ0v) is 10.9. The van der Waals surface area contributed by atoms with Gasteiger partial charge in [-0.3, -0.25) is 9.71 Å². The molecular weight excluding hydrogens is 268 g/mol. The van der Waals surface area contributed by atoms with Gasteiger partial charge in [0.2, 0.25) is 0 Å². The molecule has 2 aromatic rings. The highest BCUT2D eigenvalue weighted by atomic mass is 32.2. The fourth-order valence-electron chi connectivity index (χ4n) is 1.52. The summed E-state index contributed by atoms with van der Waals surface area (Å²) in [7, 11) is -2.52. The minimum atomic E-state index is -3.89. The zero-order valence-electron chi connectivity index (χ0n) is 10.1. The van der Waals surface area contributed by atoms with Crippen LogP contribution in [-0.4, -0.2) is 25.5 Å². The molecule has 8 heteroatoms. The van der Waals surface area contributed by atoms with E-state index in [2.05, 4.69) is 14.7 Å². The van der Waals surface area contributed by atoms with Crippen molar-refractivity contribution in [3.63, 3.8) is 0 Å². The first-order valence-corrected chi connectivity index (χ1v) is 6.74. The maximum atomic E-state index is 12.3. The molecule has 19 heavy (non-hydrogen) atoms. The lowest BCUT2D eigenvalue weighted by Gasteiger charge is -2.12. The predicted molar refractivity (Wildman–Crippen MR) is 70.2 cm³/mol. The Morgan fingerprint density at radius 2 is 2.11 bits per heavy atom. The van der Waals surface area contributed by atoms with E-state index in [1.165, 1.54) is 37.8 Å². The van der Waals surface area contributed by atoms with Crippen LogP contribution < -0.4 is 15.2 Å². The van der Waals surface area contributed by atoms with Crippen molar-refractivity contribution in [2.75, 3.05) is 17.6 Å². The van der Waals surface area contributed by atoms with E-state index in [1.807, 2.05) is 0 Å². The minimum absolute atomic E-state index is 0.0933. The van der Waals surface area contributed by atoms with Crippen LogP contribution in [0.5, 0.6) is 5.75 Å². The van der Waals surface area contributed by atoms with Crippen LogP contribution in [0.15, 0.2) is 41.7 Å².